The van der Waals surface area contributed by atoms with Gasteiger partial charge in [0.2, 0.25) is 35.4 Å². The summed E-state index contributed by atoms with van der Waals surface area (Å²) < 4.78 is 34.2. The number of carbonyl (C=O) groups excluding carboxylic acids is 7. The molecule has 5 N–H and O–H groups in total. The average Bonchev–Trinajstić information content (AvgIpc) is 1.73. The summed E-state index contributed by atoms with van der Waals surface area (Å²) >= 11 is 10.8. The van der Waals surface area contributed by atoms with Gasteiger partial charge in [-0.1, -0.05) is 125 Å². The summed E-state index contributed by atoms with van der Waals surface area (Å²) in [5, 5.41) is 31.1. The van der Waals surface area contributed by atoms with Crippen LogP contribution in [0.5, 0.6) is 0 Å². The molecule has 8 atom stereocenters. The van der Waals surface area contributed by atoms with Crippen LogP contribution in [-0.2, 0) is 47.8 Å². The number of hydrogen-bond donors (Lipinski definition) is 5. The highest BCUT2D eigenvalue weighted by atomic mass is 79.9. The first-order valence-electron chi connectivity index (χ1n) is 47.2. The lowest BCUT2D eigenvalue weighted by molar-refractivity contribution is -0.147. The van der Waals surface area contributed by atoms with E-state index in [-0.39, 0.29) is 63.0 Å². The molecule has 0 spiro atoms. The fraction of sp³-hybridized carbons (Fsp3) is 0.425. The molecule has 0 unspecified atom stereocenters. The molecule has 0 saturated carbocycles. The number of benzene rings is 6. The van der Waals surface area contributed by atoms with Crippen LogP contribution in [0.25, 0.3) is 54.5 Å². The Kier molecular flexibility index (Phi) is 35.0. The molecular formula is C106H128Br2N16O13S2. The first-order valence-corrected chi connectivity index (χ1v) is 50.6. The van der Waals surface area contributed by atoms with Gasteiger partial charge >= 0.3 is 5.97 Å². The lowest BCUT2D eigenvalue weighted by Gasteiger charge is -2.35. The number of aliphatic hydroxyl groups is 1. The maximum Gasteiger partial charge on any atom is 0.302 e. The summed E-state index contributed by atoms with van der Waals surface area (Å²) in [5.41, 5.74) is 24.0. The summed E-state index contributed by atoms with van der Waals surface area (Å²) in [6.45, 7) is 37.8. The number of aliphatic hydroxyl groups excluding tert-OH is 1. The van der Waals surface area contributed by atoms with Crippen LogP contribution in [0, 0.1) is 80.1 Å². The third kappa shape index (κ3) is 26.3. The molecule has 0 radical (unpaired) electrons. The Balaban J connectivity index is 0.000000235. The Morgan fingerprint density at radius 2 is 0.899 bits per heavy atom. The molecule has 736 valence electrons. The number of halogens is 2. The largest absolute Gasteiger partial charge is 0.461 e. The predicted molar refractivity (Wildman–Crippen MR) is 550 cm³/mol. The number of unbranched alkanes of at least 4 members (excludes halogenated alkanes) is 4. The smallest absolute Gasteiger partial charge is 0.302 e. The summed E-state index contributed by atoms with van der Waals surface area (Å²) in [7, 11) is 0. The van der Waals surface area contributed by atoms with Gasteiger partial charge in [-0.25, -0.2) is 19.9 Å². The van der Waals surface area contributed by atoms with E-state index in [0.29, 0.717) is 26.2 Å². The van der Waals surface area contributed by atoms with Crippen molar-refractivity contribution < 1.29 is 61.9 Å². The minimum Gasteiger partial charge on any atom is -0.461 e. The Morgan fingerprint density at radius 3 is 1.26 bits per heavy atom. The summed E-state index contributed by atoms with van der Waals surface area (Å²) in [6.07, 6.45) is 11.1. The van der Waals surface area contributed by atoms with Gasteiger partial charge in [-0.3, -0.25) is 33.6 Å². The third-order valence-electron chi connectivity index (χ3n) is 25.4. The van der Waals surface area contributed by atoms with E-state index in [0.717, 1.165) is 193 Å². The quantitative estimate of drug-likeness (QED) is 0.0178. The van der Waals surface area contributed by atoms with Crippen molar-refractivity contribution in [3.63, 3.8) is 0 Å². The molecule has 0 bridgehead atoms. The highest BCUT2D eigenvalue weighted by Crippen LogP contribution is 2.42. The van der Waals surface area contributed by atoms with Gasteiger partial charge in [0.1, 0.15) is 55.0 Å². The Bertz CT molecular complexity index is 6290. The van der Waals surface area contributed by atoms with Crippen LogP contribution in [0.15, 0.2) is 175 Å². The van der Waals surface area contributed by atoms with Crippen molar-refractivity contribution in [2.75, 3.05) is 62.4 Å². The van der Waals surface area contributed by atoms with Gasteiger partial charge < -0.3 is 78.4 Å². The first kappa shape index (κ1) is 105. The number of aryl methyl sites for hydroxylation is 10. The molecule has 33 heteroatoms. The molecule has 0 aliphatic carbocycles. The van der Waals surface area contributed by atoms with E-state index in [9.17, 15) is 38.7 Å². The lowest BCUT2D eigenvalue weighted by atomic mass is 9.85. The molecule has 29 nitrogen and oxygen atoms in total. The van der Waals surface area contributed by atoms with Crippen LogP contribution in [0.1, 0.15) is 194 Å². The fourth-order valence-corrected chi connectivity index (χ4v) is 20.7. The van der Waals surface area contributed by atoms with Gasteiger partial charge in [-0.2, -0.15) is 0 Å². The Hall–Kier alpha value is -11.9. The van der Waals surface area contributed by atoms with E-state index in [1.54, 1.807) is 22.7 Å². The van der Waals surface area contributed by atoms with Gasteiger partial charge in [0.25, 0.3) is 0 Å². The van der Waals surface area contributed by atoms with E-state index in [2.05, 4.69) is 180 Å². The molecule has 6 aromatic carbocycles. The monoisotopic (exact) mass is 2050 g/mol. The topological polar surface area (TPSA) is 342 Å². The van der Waals surface area contributed by atoms with Crippen LogP contribution in [0.4, 0.5) is 22.7 Å². The number of esters is 1. The number of rotatable bonds is 37. The number of aromatic nitrogens is 8. The number of carbonyl (C=O) groups is 7. The van der Waals surface area contributed by atoms with Crippen molar-refractivity contribution in [3.05, 3.63) is 234 Å². The molecule has 2 aliphatic rings. The highest BCUT2D eigenvalue weighted by Gasteiger charge is 2.48. The van der Waals surface area contributed by atoms with Gasteiger partial charge in [0, 0.05) is 108 Å². The number of nitrogens with zero attached hydrogens (tertiary/aromatic N) is 12. The van der Waals surface area contributed by atoms with Crippen molar-refractivity contribution in [3.8, 4) is 54.5 Å². The van der Waals surface area contributed by atoms with E-state index >= 15 is 0 Å². The molecule has 6 aromatic heterocycles. The third-order valence-corrected chi connectivity index (χ3v) is 28.6. The molecule has 2 fully saturated rings. The summed E-state index contributed by atoms with van der Waals surface area (Å²) in [4.78, 5) is 123. The van der Waals surface area contributed by atoms with Gasteiger partial charge in [0.05, 0.1) is 104 Å². The maximum atomic E-state index is 14.5. The number of ether oxygens (including phenoxy) is 3. The van der Waals surface area contributed by atoms with Crippen molar-refractivity contribution in [2.24, 2.45) is 10.8 Å². The molecule has 6 amide bonds. The second kappa shape index (κ2) is 46.5. The Morgan fingerprint density at radius 1 is 0.496 bits per heavy atom. The molecule has 139 heavy (non-hydrogen) atoms. The number of β-amino-alcohol motifs (C(OH)–C–C–N with tert-alkyl or cyclic N) is 1. The molecule has 8 heterocycles. The zero-order chi connectivity index (χ0) is 100. The number of anilines is 4. The van der Waals surface area contributed by atoms with Crippen molar-refractivity contribution >= 4 is 119 Å². The number of amides is 6. The van der Waals surface area contributed by atoms with Gasteiger partial charge in [-0.05, 0) is 257 Å². The van der Waals surface area contributed by atoms with E-state index in [4.69, 9.17) is 23.3 Å². The SMILES string of the molecule is CC(=O)O[C@@H]1C[C@@H](C(=O)N[C@@H](C)c2ccc(-c3scnc3C)cc2)N(C(=O)[C@@H](NC(=O)COCCCCCN(c2ccc(-n3cnc(C)c3)c(Br)c2)c2cc(-c3c(C)noc3C)ccc2C)C(C)(C)C)C1.Cc1cn(-c2ccc(N(CCCCCOCC(=O)N[C@H](C(=O)N3C[C@H](O)C[C@H]3C(=O)N[C@@H](C)c3ccc(-c4scnc4C)cc3)C(C)(C)C)c3cc(-c4c(C)noc4C)ccc3C)cc2Br)cn1. The zero-order valence-corrected chi connectivity index (χ0v) is 87.5. The number of likely N-dealkylation sites (tertiary alicyclic amines) is 2. The number of thiazole rings is 2. The molecular weight excluding hydrogens is 1930 g/mol. The molecule has 14 rings (SSSR count). The zero-order valence-electron chi connectivity index (χ0n) is 82.7. The van der Waals surface area contributed by atoms with Crippen LogP contribution in [0.2, 0.25) is 0 Å². The number of hydrogen-bond acceptors (Lipinski definition) is 23. The molecule has 2 saturated heterocycles. The maximum absolute atomic E-state index is 14.5. The molecule has 2 aliphatic heterocycles. The summed E-state index contributed by atoms with van der Waals surface area (Å²) in [5.74, 6) is -1.43. The highest BCUT2D eigenvalue weighted by molar-refractivity contribution is 9.11. The first-order chi connectivity index (χ1) is 66.2. The summed E-state index contributed by atoms with van der Waals surface area (Å²) in [6, 6.07) is 37.0. The van der Waals surface area contributed by atoms with E-state index in [1.165, 1.54) is 16.7 Å². The minimum atomic E-state index is -0.992. The predicted octanol–water partition coefficient (Wildman–Crippen LogP) is 19.9. The van der Waals surface area contributed by atoms with E-state index in [1.807, 2.05) is 205 Å². The average molecular weight is 2060 g/mol. The van der Waals surface area contributed by atoms with Crippen LogP contribution < -0.4 is 31.1 Å². The van der Waals surface area contributed by atoms with Crippen molar-refractivity contribution in [1.82, 2.24) is 70.5 Å². The van der Waals surface area contributed by atoms with Crippen LogP contribution >= 0.6 is 54.5 Å². The van der Waals surface area contributed by atoms with Crippen LogP contribution in [0.3, 0.4) is 0 Å². The normalized spacial score (nSPS) is 15.8. The number of imidazole rings is 2. The van der Waals surface area contributed by atoms with Gasteiger partial charge in [0.15, 0.2) is 0 Å². The van der Waals surface area contributed by atoms with Gasteiger partial charge in [-0.15, -0.1) is 22.7 Å². The lowest BCUT2D eigenvalue weighted by Crippen LogP contribution is -2.58. The second-order valence-corrected chi connectivity index (χ2v) is 41.8. The van der Waals surface area contributed by atoms with E-state index < -0.39 is 76.8 Å². The number of nitrogens with one attached hydrogen (secondary N) is 4. The standard InChI is InChI=1S/C54H65BrN8O7S.C52H63BrN8O6S/c1-32-14-15-41(49-35(4)60-70-37(49)6)24-46(32)62(42-20-21-45(44(55)25-42)61-27-33(2)56-30-61)22-12-11-13-23-68-29-48(65)59-51(54(8,9)10)53(67)63-28-43(69-38(7)64)26-47(63)52(66)58-34(3)39-16-18-40(19-17-39)50-36(5)57-31-71-50;1-31-13-14-39(47-34(4)58-67-36(47)6)23-44(31)60(40-19-20-43(42(53)24-40)59-26-32(2)54-29-59)21-11-10-12-22-66-28-46(63)57-49(52(7,8)9)51(65)61-27-41(62)25-45(61)50(64)56-33(3)37-15-17-38(18-16-37)48-35(5)55-30-68-48/h14-21,24-25,27,30-31,34,43,47,51H,11-13,22-23,26,28-29H2,1-10H3,(H,58,66)(H,59,65);13-20,23-24,26,29-30,33,41,45,49,62H,10-12,21-22,25,27-28H2,1-9H3,(H,56,64)(H,57,63)/t34-,43+,47-,51+;33-,41+,45-,49+/m00/s1. The molecule has 12 aromatic rings. The van der Waals surface area contributed by atoms with Crippen LogP contribution in [-0.4, -0.2) is 185 Å². The fourth-order valence-electron chi connectivity index (χ4n) is 17.9. The van der Waals surface area contributed by atoms with Crippen molar-refractivity contribution in [1.29, 1.82) is 0 Å². The minimum absolute atomic E-state index is 0.00932. The second-order valence-electron chi connectivity index (χ2n) is 38.4. The van der Waals surface area contributed by atoms with Crippen molar-refractivity contribution in [2.45, 2.75) is 231 Å². The Labute approximate surface area is 838 Å².